The van der Waals surface area contributed by atoms with E-state index in [1.54, 1.807) is 6.92 Å². The molecular weight excluding hydrogens is 422 g/mol. The summed E-state index contributed by atoms with van der Waals surface area (Å²) in [5.74, 6) is -1.16. The molecular formula is C20H21N5O5S. The van der Waals surface area contributed by atoms with Crippen LogP contribution in [0.2, 0.25) is 0 Å². The number of benzene rings is 1. The zero-order valence-corrected chi connectivity index (χ0v) is 17.6. The summed E-state index contributed by atoms with van der Waals surface area (Å²) >= 11 is 0. The lowest BCUT2D eigenvalue weighted by atomic mass is 9.93. The Labute approximate surface area is 179 Å². The third-order valence-electron chi connectivity index (χ3n) is 5.32. The number of sulfonamides is 1. The molecule has 0 aromatic heterocycles. The van der Waals surface area contributed by atoms with Gasteiger partial charge in [-0.25, -0.2) is 13.2 Å². The first-order valence-electron chi connectivity index (χ1n) is 9.68. The molecule has 3 heterocycles. The lowest BCUT2D eigenvalue weighted by molar-refractivity contribution is -0.137. The summed E-state index contributed by atoms with van der Waals surface area (Å²) in [7, 11) is -3.50. The summed E-state index contributed by atoms with van der Waals surface area (Å²) < 4.78 is 26.8. The van der Waals surface area contributed by atoms with Crippen molar-refractivity contribution >= 4 is 33.7 Å². The molecule has 1 fully saturated rings. The number of nitrogens with one attached hydrogen (secondary N) is 2. The summed E-state index contributed by atoms with van der Waals surface area (Å²) in [5.41, 5.74) is 2.40. The monoisotopic (exact) mass is 443 g/mol. The topological polar surface area (TPSA) is 128 Å². The van der Waals surface area contributed by atoms with E-state index in [2.05, 4.69) is 15.1 Å². The molecule has 4 amide bonds. The van der Waals surface area contributed by atoms with Crippen LogP contribution in [0, 0.1) is 0 Å². The van der Waals surface area contributed by atoms with E-state index in [9.17, 15) is 22.8 Å². The van der Waals surface area contributed by atoms with Crippen molar-refractivity contribution in [3.05, 3.63) is 59.8 Å². The standard InChI is InChI=1S/C20H21N5O5S/c1-20(10-9-14-5-3-2-4-6-14)18(27)25(19(28)21-20)22-17(26)15-7-8-16-23-31(29,30)12-11-24(16)13-15/h2-8,13H,9-12H2,1H3,(H,21,28)(H,22,26). The molecule has 3 aliphatic heterocycles. The first-order valence-corrected chi connectivity index (χ1v) is 11.3. The molecule has 1 saturated heterocycles. The molecule has 0 saturated carbocycles. The zero-order valence-electron chi connectivity index (χ0n) is 16.7. The van der Waals surface area contributed by atoms with E-state index in [-0.39, 0.29) is 23.7 Å². The predicted octanol–water partition coefficient (Wildman–Crippen LogP) is 0.458. The van der Waals surface area contributed by atoms with Crippen molar-refractivity contribution < 1.29 is 22.8 Å². The first-order chi connectivity index (χ1) is 14.7. The number of amides is 4. The van der Waals surface area contributed by atoms with Gasteiger partial charge in [-0.3, -0.25) is 15.0 Å². The molecule has 162 valence electrons. The molecule has 2 N–H and O–H groups in total. The molecule has 4 rings (SSSR count). The second kappa shape index (κ2) is 7.65. The minimum Gasteiger partial charge on any atom is -0.330 e. The van der Waals surface area contributed by atoms with Gasteiger partial charge in [-0.05, 0) is 37.5 Å². The van der Waals surface area contributed by atoms with E-state index in [0.717, 1.165) is 5.56 Å². The maximum Gasteiger partial charge on any atom is 0.344 e. The van der Waals surface area contributed by atoms with Crippen molar-refractivity contribution in [2.24, 2.45) is 4.40 Å². The highest BCUT2D eigenvalue weighted by Crippen LogP contribution is 2.23. The minimum absolute atomic E-state index is 0.156. The molecule has 3 aliphatic rings. The number of hydrogen-bond donors (Lipinski definition) is 2. The van der Waals surface area contributed by atoms with E-state index >= 15 is 0 Å². The number of carbonyl (C=O) groups excluding carboxylic acids is 3. The van der Waals surface area contributed by atoms with Crippen molar-refractivity contribution in [2.45, 2.75) is 25.3 Å². The molecule has 0 aliphatic carbocycles. The maximum atomic E-state index is 12.9. The van der Waals surface area contributed by atoms with Crippen LogP contribution in [0.1, 0.15) is 18.9 Å². The SMILES string of the molecule is CC1(CCc2ccccc2)NC(=O)N(NC(=O)C2=CN3CCS(=O)(=O)N=C3C=C2)C1=O. The number of nitrogens with zero attached hydrogens (tertiary/aromatic N) is 3. The van der Waals surface area contributed by atoms with Crippen LogP contribution in [-0.2, 0) is 26.0 Å². The van der Waals surface area contributed by atoms with Crippen LogP contribution >= 0.6 is 0 Å². The molecule has 10 nitrogen and oxygen atoms in total. The quantitative estimate of drug-likeness (QED) is 0.637. The summed E-state index contributed by atoms with van der Waals surface area (Å²) in [5, 5.41) is 3.34. The van der Waals surface area contributed by atoms with E-state index < -0.39 is 33.4 Å². The summed E-state index contributed by atoms with van der Waals surface area (Å²) in [4.78, 5) is 39.4. The Kier molecular flexibility index (Phi) is 5.13. The van der Waals surface area contributed by atoms with Gasteiger partial charge in [-0.15, -0.1) is 4.40 Å². The van der Waals surface area contributed by atoms with E-state index in [1.165, 1.54) is 23.3 Å². The fourth-order valence-corrected chi connectivity index (χ4v) is 4.47. The zero-order chi connectivity index (χ0) is 22.2. The molecule has 31 heavy (non-hydrogen) atoms. The molecule has 0 spiro atoms. The first kappa shape index (κ1) is 20.8. The van der Waals surface area contributed by atoms with Crippen molar-refractivity contribution in [3.63, 3.8) is 0 Å². The number of urea groups is 1. The summed E-state index contributed by atoms with van der Waals surface area (Å²) in [6, 6.07) is 8.87. The van der Waals surface area contributed by atoms with Crippen LogP contribution in [0.5, 0.6) is 0 Å². The van der Waals surface area contributed by atoms with Crippen LogP contribution in [0.25, 0.3) is 0 Å². The van der Waals surface area contributed by atoms with Gasteiger partial charge in [0.05, 0.1) is 11.3 Å². The molecule has 1 aromatic carbocycles. The Morgan fingerprint density at radius 1 is 1.23 bits per heavy atom. The van der Waals surface area contributed by atoms with Gasteiger partial charge in [-0.2, -0.15) is 5.01 Å². The predicted molar refractivity (Wildman–Crippen MR) is 112 cm³/mol. The largest absolute Gasteiger partial charge is 0.344 e. The van der Waals surface area contributed by atoms with Crippen LogP contribution in [-0.4, -0.2) is 59.8 Å². The van der Waals surface area contributed by atoms with E-state index in [1.807, 2.05) is 30.3 Å². The van der Waals surface area contributed by atoms with Crippen molar-refractivity contribution in [2.75, 3.05) is 12.3 Å². The number of amidine groups is 1. The third kappa shape index (κ3) is 4.22. The average molecular weight is 443 g/mol. The Balaban J connectivity index is 1.43. The maximum absolute atomic E-state index is 12.9. The Morgan fingerprint density at radius 3 is 2.71 bits per heavy atom. The highest BCUT2D eigenvalue weighted by Gasteiger charge is 2.48. The summed E-state index contributed by atoms with van der Waals surface area (Å²) in [6.45, 7) is 1.78. The average Bonchev–Trinajstić information content (AvgIpc) is 2.95. The van der Waals surface area contributed by atoms with Gasteiger partial charge < -0.3 is 10.2 Å². The number of rotatable bonds is 5. The van der Waals surface area contributed by atoms with Crippen LogP contribution in [0.3, 0.4) is 0 Å². The lowest BCUT2D eigenvalue weighted by Gasteiger charge is -2.27. The van der Waals surface area contributed by atoms with Gasteiger partial charge >= 0.3 is 6.03 Å². The number of carbonyl (C=O) groups is 3. The lowest BCUT2D eigenvalue weighted by Crippen LogP contribution is -2.49. The highest BCUT2D eigenvalue weighted by atomic mass is 32.2. The van der Waals surface area contributed by atoms with Crippen molar-refractivity contribution in [3.8, 4) is 0 Å². The molecule has 0 radical (unpaired) electrons. The molecule has 1 aromatic rings. The normalized spacial score (nSPS) is 24.3. The molecule has 0 bridgehead atoms. The second-order valence-corrected chi connectivity index (χ2v) is 9.43. The summed E-state index contributed by atoms with van der Waals surface area (Å²) in [6.07, 6.45) is 5.19. The fourth-order valence-electron chi connectivity index (χ4n) is 3.50. The van der Waals surface area contributed by atoms with Gasteiger partial charge in [0.25, 0.3) is 21.8 Å². The van der Waals surface area contributed by atoms with Crippen LogP contribution in [0.15, 0.2) is 58.7 Å². The molecule has 1 atom stereocenters. The van der Waals surface area contributed by atoms with Crippen molar-refractivity contribution in [1.82, 2.24) is 20.7 Å². The number of aryl methyl sites for hydroxylation is 1. The fraction of sp³-hybridized carbons (Fsp3) is 0.300. The van der Waals surface area contributed by atoms with Gasteiger partial charge in [-0.1, -0.05) is 30.3 Å². The van der Waals surface area contributed by atoms with E-state index in [4.69, 9.17) is 0 Å². The highest BCUT2D eigenvalue weighted by molar-refractivity contribution is 7.90. The number of hydrogen-bond acceptors (Lipinski definition) is 6. The Bertz CT molecular complexity index is 1140. The third-order valence-corrected chi connectivity index (χ3v) is 6.48. The van der Waals surface area contributed by atoms with Gasteiger partial charge in [0.1, 0.15) is 11.4 Å². The number of hydrazine groups is 1. The molecule has 11 heteroatoms. The van der Waals surface area contributed by atoms with Gasteiger partial charge in [0.2, 0.25) is 0 Å². The number of fused-ring (bicyclic) bond motifs is 1. The van der Waals surface area contributed by atoms with Gasteiger partial charge in [0.15, 0.2) is 0 Å². The van der Waals surface area contributed by atoms with E-state index in [0.29, 0.717) is 17.9 Å². The second-order valence-electron chi connectivity index (χ2n) is 7.68. The smallest absolute Gasteiger partial charge is 0.330 e. The van der Waals surface area contributed by atoms with Crippen LogP contribution in [0.4, 0.5) is 4.79 Å². The Hall–Kier alpha value is -3.47. The minimum atomic E-state index is -3.50. The van der Waals surface area contributed by atoms with Crippen LogP contribution < -0.4 is 10.7 Å². The Morgan fingerprint density at radius 2 is 1.97 bits per heavy atom. The van der Waals surface area contributed by atoms with Crippen molar-refractivity contribution in [1.29, 1.82) is 0 Å². The van der Waals surface area contributed by atoms with Gasteiger partial charge in [0, 0.05) is 12.7 Å². The molecule has 1 unspecified atom stereocenters. The number of imide groups is 1.